The maximum atomic E-state index is 12.6. The first kappa shape index (κ1) is 24.6. The van der Waals surface area contributed by atoms with E-state index in [9.17, 15) is 13.2 Å². The van der Waals surface area contributed by atoms with Crippen LogP contribution >= 0.6 is 22.9 Å². The molecular formula is C23H27ClN2O4S2. The summed E-state index contributed by atoms with van der Waals surface area (Å²) in [7, 11) is -3.47. The molecule has 3 rings (SSSR count). The van der Waals surface area contributed by atoms with Crippen LogP contribution in [-0.4, -0.2) is 37.9 Å². The van der Waals surface area contributed by atoms with Crippen molar-refractivity contribution in [2.75, 3.05) is 19.0 Å². The number of hydrogen-bond acceptors (Lipinski definition) is 5. The third-order valence-corrected chi connectivity index (χ3v) is 8.27. The van der Waals surface area contributed by atoms with Crippen molar-refractivity contribution in [1.82, 2.24) is 4.57 Å². The van der Waals surface area contributed by atoms with E-state index >= 15 is 0 Å². The minimum atomic E-state index is -3.47. The lowest BCUT2D eigenvalue weighted by atomic mass is 10.1. The quantitative estimate of drug-likeness (QED) is 0.404. The maximum absolute atomic E-state index is 12.6. The summed E-state index contributed by atoms with van der Waals surface area (Å²) in [6.45, 7) is 7.79. The van der Waals surface area contributed by atoms with E-state index in [2.05, 4.69) is 31.0 Å². The van der Waals surface area contributed by atoms with Crippen molar-refractivity contribution in [2.24, 2.45) is 4.99 Å². The van der Waals surface area contributed by atoms with Gasteiger partial charge in [-0.25, -0.2) is 8.42 Å². The Bertz CT molecular complexity index is 1280. The number of aromatic nitrogens is 1. The monoisotopic (exact) mass is 494 g/mol. The standard InChI is InChI=1S/C23H27ClN2O4S2/c1-4-30-12-11-26-20-14-16(2)17(3)15-21(20)31-23(26)25-22(27)6-5-13-32(28,29)19-9-7-18(24)8-10-19/h7-10,14-15H,4-6,11-13H2,1-3H3. The molecule has 0 aliphatic rings. The van der Waals surface area contributed by atoms with E-state index in [4.69, 9.17) is 16.3 Å². The molecule has 0 atom stereocenters. The van der Waals surface area contributed by atoms with Gasteiger partial charge in [-0.2, -0.15) is 4.99 Å². The van der Waals surface area contributed by atoms with Crippen molar-refractivity contribution in [3.05, 3.63) is 57.3 Å². The Balaban J connectivity index is 1.77. The zero-order valence-corrected chi connectivity index (χ0v) is 20.8. The number of amides is 1. The lowest BCUT2D eigenvalue weighted by molar-refractivity contribution is -0.118. The summed E-state index contributed by atoms with van der Waals surface area (Å²) < 4.78 is 33.5. The summed E-state index contributed by atoms with van der Waals surface area (Å²) >= 11 is 7.28. The van der Waals surface area contributed by atoms with Gasteiger partial charge >= 0.3 is 0 Å². The Morgan fingerprint density at radius 3 is 2.53 bits per heavy atom. The van der Waals surface area contributed by atoms with Crippen LogP contribution in [-0.2, 0) is 25.9 Å². The molecule has 32 heavy (non-hydrogen) atoms. The molecule has 172 valence electrons. The Morgan fingerprint density at radius 2 is 1.84 bits per heavy atom. The normalized spacial score (nSPS) is 12.6. The van der Waals surface area contributed by atoms with Crippen LogP contribution in [0.3, 0.4) is 0 Å². The average Bonchev–Trinajstić information content (AvgIpc) is 3.04. The molecule has 1 aromatic heterocycles. The third-order valence-electron chi connectivity index (χ3n) is 5.16. The van der Waals surface area contributed by atoms with Crippen molar-refractivity contribution in [1.29, 1.82) is 0 Å². The van der Waals surface area contributed by atoms with E-state index in [0.29, 0.717) is 29.6 Å². The first-order valence-electron chi connectivity index (χ1n) is 10.5. The van der Waals surface area contributed by atoms with Gasteiger partial charge in [0.1, 0.15) is 0 Å². The number of sulfone groups is 1. The van der Waals surface area contributed by atoms with Gasteiger partial charge in [0.15, 0.2) is 14.6 Å². The number of rotatable bonds is 9. The summed E-state index contributed by atoms with van der Waals surface area (Å²) in [5.74, 6) is -0.452. The van der Waals surface area contributed by atoms with Crippen LogP contribution in [0, 0.1) is 13.8 Å². The minimum absolute atomic E-state index is 0.0601. The predicted molar refractivity (Wildman–Crippen MR) is 129 cm³/mol. The predicted octanol–water partition coefficient (Wildman–Crippen LogP) is 4.69. The highest BCUT2D eigenvalue weighted by molar-refractivity contribution is 7.91. The van der Waals surface area contributed by atoms with E-state index < -0.39 is 9.84 Å². The van der Waals surface area contributed by atoms with Crippen molar-refractivity contribution in [3.8, 4) is 0 Å². The summed E-state index contributed by atoms with van der Waals surface area (Å²) in [6.07, 6.45) is 0.264. The molecular weight excluding hydrogens is 468 g/mol. The van der Waals surface area contributed by atoms with E-state index in [1.54, 1.807) is 12.1 Å². The number of fused-ring (bicyclic) bond motifs is 1. The molecule has 0 bridgehead atoms. The number of carbonyl (C=O) groups is 1. The fraction of sp³-hybridized carbons (Fsp3) is 0.391. The van der Waals surface area contributed by atoms with Crippen molar-refractivity contribution in [2.45, 2.75) is 45.1 Å². The van der Waals surface area contributed by atoms with Crippen LogP contribution in [0.25, 0.3) is 10.2 Å². The van der Waals surface area contributed by atoms with E-state index in [-0.39, 0.29) is 29.4 Å². The smallest absolute Gasteiger partial charge is 0.248 e. The molecule has 0 radical (unpaired) electrons. The van der Waals surface area contributed by atoms with Gasteiger partial charge in [-0.05, 0) is 74.7 Å². The molecule has 0 N–H and O–H groups in total. The second kappa shape index (κ2) is 10.7. The van der Waals surface area contributed by atoms with Crippen LogP contribution in [0.1, 0.15) is 30.9 Å². The topological polar surface area (TPSA) is 77.7 Å². The van der Waals surface area contributed by atoms with Gasteiger partial charge in [0, 0.05) is 24.6 Å². The molecule has 0 fully saturated rings. The second-order valence-electron chi connectivity index (χ2n) is 7.52. The Kier molecular flexibility index (Phi) is 8.27. The zero-order chi connectivity index (χ0) is 23.3. The Hall–Kier alpha value is -2.00. The number of ether oxygens (including phenoxy) is 1. The lowest BCUT2D eigenvalue weighted by Gasteiger charge is -2.07. The number of carbonyl (C=O) groups excluding carboxylic acids is 1. The fourth-order valence-electron chi connectivity index (χ4n) is 3.26. The highest BCUT2D eigenvalue weighted by Crippen LogP contribution is 2.22. The molecule has 3 aromatic rings. The minimum Gasteiger partial charge on any atom is -0.380 e. The lowest BCUT2D eigenvalue weighted by Crippen LogP contribution is -2.20. The fourth-order valence-corrected chi connectivity index (χ4v) is 5.85. The molecule has 9 heteroatoms. The van der Waals surface area contributed by atoms with E-state index in [1.807, 2.05) is 11.5 Å². The number of thiazole rings is 1. The molecule has 0 aliphatic carbocycles. The number of benzene rings is 2. The van der Waals surface area contributed by atoms with Gasteiger partial charge < -0.3 is 9.30 Å². The summed E-state index contributed by atoms with van der Waals surface area (Å²) in [6, 6.07) is 10.3. The Morgan fingerprint density at radius 1 is 1.16 bits per heavy atom. The summed E-state index contributed by atoms with van der Waals surface area (Å²) in [5.41, 5.74) is 3.38. The largest absolute Gasteiger partial charge is 0.380 e. The van der Waals surface area contributed by atoms with Gasteiger partial charge in [0.25, 0.3) is 0 Å². The molecule has 1 heterocycles. The highest BCUT2D eigenvalue weighted by Gasteiger charge is 2.15. The van der Waals surface area contributed by atoms with Crippen molar-refractivity contribution in [3.63, 3.8) is 0 Å². The zero-order valence-electron chi connectivity index (χ0n) is 18.4. The third kappa shape index (κ3) is 6.07. The molecule has 0 unspecified atom stereocenters. The van der Waals surface area contributed by atoms with Crippen molar-refractivity contribution < 1.29 is 17.9 Å². The summed E-state index contributed by atoms with van der Waals surface area (Å²) in [5, 5.41) is 0.476. The molecule has 0 aliphatic heterocycles. The first-order chi connectivity index (χ1) is 15.2. The van der Waals surface area contributed by atoms with Gasteiger partial charge in [-0.3, -0.25) is 4.79 Å². The molecule has 0 saturated carbocycles. The number of halogens is 1. The SMILES string of the molecule is CCOCCn1c(=NC(=O)CCCS(=O)(=O)c2ccc(Cl)cc2)sc2cc(C)c(C)cc21. The number of aryl methyl sites for hydroxylation is 2. The van der Waals surface area contributed by atoms with E-state index in [1.165, 1.54) is 34.6 Å². The van der Waals surface area contributed by atoms with Gasteiger partial charge in [-0.15, -0.1) is 0 Å². The Labute approximate surface area is 197 Å². The van der Waals surface area contributed by atoms with Crippen LogP contribution in [0.4, 0.5) is 0 Å². The van der Waals surface area contributed by atoms with Crippen LogP contribution in [0.2, 0.25) is 5.02 Å². The molecule has 0 saturated heterocycles. The van der Waals surface area contributed by atoms with Gasteiger partial charge in [0.2, 0.25) is 5.91 Å². The van der Waals surface area contributed by atoms with E-state index in [0.717, 1.165) is 10.2 Å². The summed E-state index contributed by atoms with van der Waals surface area (Å²) in [4.78, 5) is 17.7. The van der Waals surface area contributed by atoms with Gasteiger partial charge in [0.05, 0.1) is 27.5 Å². The number of nitrogens with zero attached hydrogens (tertiary/aromatic N) is 2. The number of hydrogen-bond donors (Lipinski definition) is 0. The maximum Gasteiger partial charge on any atom is 0.248 e. The second-order valence-corrected chi connectivity index (χ2v) is 11.1. The van der Waals surface area contributed by atoms with Crippen LogP contribution < -0.4 is 4.80 Å². The molecule has 0 spiro atoms. The van der Waals surface area contributed by atoms with Crippen LogP contribution in [0.5, 0.6) is 0 Å². The highest BCUT2D eigenvalue weighted by atomic mass is 35.5. The molecule has 2 aromatic carbocycles. The molecule has 6 nitrogen and oxygen atoms in total. The molecule has 1 amide bonds. The van der Waals surface area contributed by atoms with Crippen molar-refractivity contribution >= 4 is 48.9 Å². The van der Waals surface area contributed by atoms with Crippen LogP contribution in [0.15, 0.2) is 46.3 Å². The van der Waals surface area contributed by atoms with Gasteiger partial charge in [-0.1, -0.05) is 22.9 Å². The average molecular weight is 495 g/mol. The first-order valence-corrected chi connectivity index (χ1v) is 13.3.